The minimum absolute atomic E-state index is 0.0148. The quantitative estimate of drug-likeness (QED) is 0.901. The first-order valence-electron chi connectivity index (χ1n) is 9.16. The van der Waals surface area contributed by atoms with Crippen LogP contribution in [0.5, 0.6) is 0 Å². The first kappa shape index (κ1) is 17.2. The highest BCUT2D eigenvalue weighted by molar-refractivity contribution is 7.12. The predicted molar refractivity (Wildman–Crippen MR) is 104 cm³/mol. The number of hydrogen-bond donors (Lipinski definition) is 1. The van der Waals surface area contributed by atoms with E-state index in [2.05, 4.69) is 22.3 Å². The van der Waals surface area contributed by atoms with Crippen LogP contribution in [0.25, 0.3) is 0 Å². The van der Waals surface area contributed by atoms with Crippen LogP contribution in [0, 0.1) is 0 Å². The van der Waals surface area contributed by atoms with Crippen molar-refractivity contribution < 1.29 is 9.59 Å². The molecule has 0 saturated carbocycles. The Morgan fingerprint density at radius 2 is 1.85 bits per heavy atom. The van der Waals surface area contributed by atoms with Crippen molar-refractivity contribution in [3.63, 3.8) is 0 Å². The summed E-state index contributed by atoms with van der Waals surface area (Å²) in [5, 5.41) is 4.94. The molecule has 1 aromatic heterocycles. The van der Waals surface area contributed by atoms with Gasteiger partial charge in [0.15, 0.2) is 0 Å². The number of piperazine rings is 1. The second-order valence-corrected chi connectivity index (χ2v) is 7.88. The van der Waals surface area contributed by atoms with Crippen molar-refractivity contribution in [2.45, 2.75) is 19.3 Å². The Bertz CT molecular complexity index is 795. The number of amides is 2. The molecule has 0 radical (unpaired) electrons. The number of nitrogens with zero attached hydrogens (tertiary/aromatic N) is 2. The van der Waals surface area contributed by atoms with Crippen molar-refractivity contribution in [2.75, 3.05) is 38.0 Å². The van der Waals surface area contributed by atoms with Crippen molar-refractivity contribution in [3.8, 4) is 0 Å². The monoisotopic (exact) mass is 369 g/mol. The van der Waals surface area contributed by atoms with E-state index in [1.807, 2.05) is 28.5 Å². The van der Waals surface area contributed by atoms with Gasteiger partial charge in [0.1, 0.15) is 0 Å². The van der Waals surface area contributed by atoms with Crippen LogP contribution in [0.4, 0.5) is 5.69 Å². The van der Waals surface area contributed by atoms with Crippen LogP contribution >= 0.6 is 11.3 Å². The average molecular weight is 369 g/mol. The van der Waals surface area contributed by atoms with E-state index in [0.29, 0.717) is 19.6 Å². The number of carbonyl (C=O) groups is 2. The van der Waals surface area contributed by atoms with Crippen molar-refractivity contribution in [3.05, 3.63) is 51.7 Å². The summed E-state index contributed by atoms with van der Waals surface area (Å²) >= 11 is 1.48. The van der Waals surface area contributed by atoms with Crippen LogP contribution in [0.2, 0.25) is 0 Å². The maximum absolute atomic E-state index is 12.4. The summed E-state index contributed by atoms with van der Waals surface area (Å²) in [6.07, 6.45) is 3.47. The van der Waals surface area contributed by atoms with Crippen LogP contribution in [0.3, 0.4) is 0 Å². The van der Waals surface area contributed by atoms with Gasteiger partial charge in [0.05, 0.1) is 11.4 Å². The highest BCUT2D eigenvalue weighted by Crippen LogP contribution is 2.24. The molecule has 26 heavy (non-hydrogen) atoms. The summed E-state index contributed by atoms with van der Waals surface area (Å²) < 4.78 is 0. The number of nitrogens with one attached hydrogen (secondary N) is 1. The Balaban J connectivity index is 1.26. The van der Waals surface area contributed by atoms with Crippen LogP contribution < -0.4 is 5.32 Å². The summed E-state index contributed by atoms with van der Waals surface area (Å²) in [6.45, 7) is 3.17. The van der Waals surface area contributed by atoms with Gasteiger partial charge in [-0.15, -0.1) is 11.3 Å². The molecule has 1 aliphatic heterocycles. The highest BCUT2D eigenvalue weighted by atomic mass is 32.1. The molecule has 1 saturated heterocycles. The fourth-order valence-corrected chi connectivity index (χ4v) is 4.41. The lowest BCUT2D eigenvalue weighted by Gasteiger charge is -2.34. The third-order valence-corrected chi connectivity index (χ3v) is 6.00. The Morgan fingerprint density at radius 1 is 1.04 bits per heavy atom. The molecule has 0 spiro atoms. The van der Waals surface area contributed by atoms with Gasteiger partial charge in [-0.3, -0.25) is 14.5 Å². The van der Waals surface area contributed by atoms with E-state index in [-0.39, 0.29) is 11.8 Å². The maximum atomic E-state index is 12.4. The number of carbonyl (C=O) groups excluding carboxylic acids is 2. The second-order valence-electron chi connectivity index (χ2n) is 6.93. The molecule has 5 nitrogen and oxygen atoms in total. The molecular formula is C20H23N3O2S. The van der Waals surface area contributed by atoms with Crippen LogP contribution in [-0.2, 0) is 17.6 Å². The van der Waals surface area contributed by atoms with E-state index in [1.54, 1.807) is 0 Å². The molecule has 136 valence electrons. The van der Waals surface area contributed by atoms with Gasteiger partial charge in [0.25, 0.3) is 5.91 Å². The zero-order chi connectivity index (χ0) is 17.9. The van der Waals surface area contributed by atoms with Crippen LogP contribution in [0.1, 0.15) is 27.2 Å². The van der Waals surface area contributed by atoms with E-state index in [9.17, 15) is 9.59 Å². The lowest BCUT2D eigenvalue weighted by molar-refractivity contribution is -0.117. The molecule has 1 fully saturated rings. The average Bonchev–Trinajstić information content (AvgIpc) is 3.33. The summed E-state index contributed by atoms with van der Waals surface area (Å²) in [5.74, 6) is 0.114. The van der Waals surface area contributed by atoms with Gasteiger partial charge in [0, 0.05) is 31.9 Å². The molecule has 1 aromatic carbocycles. The number of fused-ring (bicyclic) bond motifs is 1. The van der Waals surface area contributed by atoms with Gasteiger partial charge < -0.3 is 10.2 Å². The molecule has 6 heteroatoms. The predicted octanol–water partition coefficient (Wildman–Crippen LogP) is 2.63. The van der Waals surface area contributed by atoms with E-state index < -0.39 is 0 Å². The summed E-state index contributed by atoms with van der Waals surface area (Å²) in [7, 11) is 0. The summed E-state index contributed by atoms with van der Waals surface area (Å²) in [4.78, 5) is 29.5. The maximum Gasteiger partial charge on any atom is 0.264 e. The van der Waals surface area contributed by atoms with Gasteiger partial charge in [-0.1, -0.05) is 12.1 Å². The molecule has 2 aliphatic rings. The first-order chi connectivity index (χ1) is 12.7. The van der Waals surface area contributed by atoms with E-state index in [1.165, 1.54) is 28.9 Å². The van der Waals surface area contributed by atoms with Gasteiger partial charge in [0.2, 0.25) is 5.91 Å². The van der Waals surface area contributed by atoms with Crippen LogP contribution in [0.15, 0.2) is 35.7 Å². The standard InChI is InChI=1S/C20H23N3O2S/c24-19(21-17-7-6-15-3-1-4-16(15)13-17)14-22-8-10-23(11-9-22)20(25)18-5-2-12-26-18/h2,5-7,12-13H,1,3-4,8-11,14H2,(H,21,24). The molecule has 0 bridgehead atoms. The zero-order valence-corrected chi connectivity index (χ0v) is 15.6. The van der Waals surface area contributed by atoms with E-state index >= 15 is 0 Å². The minimum Gasteiger partial charge on any atom is -0.335 e. The lowest BCUT2D eigenvalue weighted by Crippen LogP contribution is -2.50. The molecule has 0 unspecified atom stereocenters. The van der Waals surface area contributed by atoms with Gasteiger partial charge in [-0.2, -0.15) is 0 Å². The molecule has 2 amide bonds. The van der Waals surface area contributed by atoms with Crippen molar-refractivity contribution in [2.24, 2.45) is 0 Å². The zero-order valence-electron chi connectivity index (χ0n) is 14.7. The molecular weight excluding hydrogens is 346 g/mol. The Kier molecular flexibility index (Phi) is 5.04. The third kappa shape index (κ3) is 3.81. The minimum atomic E-state index is 0.0148. The van der Waals surface area contributed by atoms with Crippen LogP contribution in [-0.4, -0.2) is 54.3 Å². The number of aryl methyl sites for hydroxylation is 2. The summed E-state index contributed by atoms with van der Waals surface area (Å²) in [5.41, 5.74) is 3.67. The lowest BCUT2D eigenvalue weighted by atomic mass is 10.1. The SMILES string of the molecule is O=C(CN1CCN(C(=O)c2cccs2)CC1)Nc1ccc2c(c1)CCC2. The van der Waals surface area contributed by atoms with Crippen molar-refractivity contribution in [1.82, 2.24) is 9.80 Å². The normalized spacial score (nSPS) is 17.2. The topological polar surface area (TPSA) is 52.7 Å². The second kappa shape index (κ2) is 7.60. The van der Waals surface area contributed by atoms with Gasteiger partial charge in [-0.25, -0.2) is 0 Å². The van der Waals surface area contributed by atoms with Gasteiger partial charge in [-0.05, 0) is 54.0 Å². The molecule has 1 N–H and O–H groups in total. The molecule has 2 heterocycles. The number of benzene rings is 1. The Labute approximate surface area is 157 Å². The smallest absolute Gasteiger partial charge is 0.264 e. The first-order valence-corrected chi connectivity index (χ1v) is 10.0. The van der Waals surface area contributed by atoms with E-state index in [4.69, 9.17) is 0 Å². The number of rotatable bonds is 4. The van der Waals surface area contributed by atoms with Gasteiger partial charge >= 0.3 is 0 Å². The van der Waals surface area contributed by atoms with E-state index in [0.717, 1.165) is 36.5 Å². The highest BCUT2D eigenvalue weighted by Gasteiger charge is 2.23. The molecule has 1 aliphatic carbocycles. The van der Waals surface area contributed by atoms with Crippen molar-refractivity contribution >= 4 is 28.8 Å². The third-order valence-electron chi connectivity index (χ3n) is 5.14. The fourth-order valence-electron chi connectivity index (χ4n) is 3.72. The Hall–Kier alpha value is -2.18. The number of anilines is 1. The largest absolute Gasteiger partial charge is 0.335 e. The number of hydrogen-bond acceptors (Lipinski definition) is 4. The summed E-state index contributed by atoms with van der Waals surface area (Å²) in [6, 6.07) is 10.0. The Morgan fingerprint density at radius 3 is 2.62 bits per heavy atom. The number of thiophene rings is 1. The molecule has 2 aromatic rings. The molecule has 4 rings (SSSR count). The fraction of sp³-hybridized carbons (Fsp3) is 0.400. The molecule has 0 atom stereocenters. The van der Waals surface area contributed by atoms with Crippen molar-refractivity contribution in [1.29, 1.82) is 0 Å².